The fourth-order valence-electron chi connectivity index (χ4n) is 1.28. The van der Waals surface area contributed by atoms with Crippen LogP contribution in [0.5, 0.6) is 0 Å². The molecule has 0 radical (unpaired) electrons. The first kappa shape index (κ1) is 15.7. The highest BCUT2D eigenvalue weighted by Crippen LogP contribution is 2.03. The van der Waals surface area contributed by atoms with E-state index in [0.29, 0.717) is 19.6 Å². The molecule has 0 aliphatic rings. The molecule has 0 spiro atoms. The number of hydrogen-bond donors (Lipinski definition) is 1. The summed E-state index contributed by atoms with van der Waals surface area (Å²) in [6.07, 6.45) is 2.60. The third-order valence-electron chi connectivity index (χ3n) is 2.15. The molecule has 0 bridgehead atoms. The lowest BCUT2D eigenvalue weighted by Crippen LogP contribution is -2.42. The molecule has 0 aromatic carbocycles. The normalized spacial score (nSPS) is 11.7. The van der Waals surface area contributed by atoms with Crippen LogP contribution in [0, 0.1) is 0 Å². The van der Waals surface area contributed by atoms with Crippen LogP contribution in [0.25, 0.3) is 0 Å². The average Bonchev–Trinajstić information content (AvgIpc) is 2.32. The summed E-state index contributed by atoms with van der Waals surface area (Å²) in [7, 11) is 0. The second-order valence-corrected chi connectivity index (χ2v) is 3.73. The van der Waals surface area contributed by atoms with Crippen LogP contribution >= 0.6 is 0 Å². The summed E-state index contributed by atoms with van der Waals surface area (Å²) in [5.74, 6) is -0.394. The molecule has 0 aliphatic carbocycles. The summed E-state index contributed by atoms with van der Waals surface area (Å²) < 4.78 is 9.77. The van der Waals surface area contributed by atoms with Gasteiger partial charge in [0.05, 0.1) is 13.2 Å². The molecular weight excluding hydrogens is 222 g/mol. The first-order valence-electron chi connectivity index (χ1n) is 6.25. The molecule has 0 heterocycles. The molecule has 5 heteroatoms. The maximum Gasteiger partial charge on any atom is 0.407 e. The number of rotatable bonds is 8. The number of esters is 1. The smallest absolute Gasteiger partial charge is 0.407 e. The Hall–Kier alpha value is -1.26. The minimum absolute atomic E-state index is 0.313. The van der Waals surface area contributed by atoms with Crippen molar-refractivity contribution in [3.8, 4) is 0 Å². The lowest BCUT2D eigenvalue weighted by Gasteiger charge is -2.16. The van der Waals surface area contributed by atoms with Crippen molar-refractivity contribution in [1.82, 2.24) is 5.32 Å². The van der Waals surface area contributed by atoms with E-state index in [2.05, 4.69) is 5.32 Å². The molecule has 5 nitrogen and oxygen atoms in total. The molecule has 1 atom stereocenters. The van der Waals surface area contributed by atoms with Gasteiger partial charge in [0.2, 0.25) is 0 Å². The quantitative estimate of drug-likeness (QED) is 0.666. The summed E-state index contributed by atoms with van der Waals surface area (Å²) in [6, 6.07) is -0.598. The Morgan fingerprint density at radius 1 is 1.12 bits per heavy atom. The Kier molecular flexibility index (Phi) is 9.19. The van der Waals surface area contributed by atoms with E-state index in [-0.39, 0.29) is 0 Å². The van der Waals surface area contributed by atoms with Gasteiger partial charge >= 0.3 is 12.1 Å². The summed E-state index contributed by atoms with van der Waals surface area (Å²) in [5, 5.41) is 2.54. The molecule has 0 aromatic rings. The number of hydrogen-bond acceptors (Lipinski definition) is 4. The van der Waals surface area contributed by atoms with Gasteiger partial charge in [-0.05, 0) is 19.8 Å². The second kappa shape index (κ2) is 9.93. The first-order chi connectivity index (χ1) is 8.15. The molecule has 0 aromatic heterocycles. The molecule has 0 fully saturated rings. The molecule has 0 aliphatic heterocycles. The van der Waals surface area contributed by atoms with Crippen LogP contribution in [0.2, 0.25) is 0 Å². The van der Waals surface area contributed by atoms with Crippen molar-refractivity contribution in [2.75, 3.05) is 13.2 Å². The van der Waals surface area contributed by atoms with E-state index in [1.807, 2.05) is 13.8 Å². The van der Waals surface area contributed by atoms with Gasteiger partial charge in [0, 0.05) is 0 Å². The highest BCUT2D eigenvalue weighted by molar-refractivity contribution is 5.81. The van der Waals surface area contributed by atoms with Crippen LogP contribution in [0.1, 0.15) is 46.5 Å². The highest BCUT2D eigenvalue weighted by atomic mass is 16.6. The molecule has 17 heavy (non-hydrogen) atoms. The zero-order chi connectivity index (χ0) is 13.1. The predicted molar refractivity (Wildman–Crippen MR) is 64.7 cm³/mol. The van der Waals surface area contributed by atoms with Crippen molar-refractivity contribution in [1.29, 1.82) is 0 Å². The maximum atomic E-state index is 11.6. The number of ether oxygens (including phenoxy) is 2. The Bertz CT molecular complexity index is 231. The van der Waals surface area contributed by atoms with Gasteiger partial charge in [-0.1, -0.05) is 26.7 Å². The fraction of sp³-hybridized carbons (Fsp3) is 0.833. The van der Waals surface area contributed by atoms with E-state index in [0.717, 1.165) is 19.3 Å². The van der Waals surface area contributed by atoms with Crippen molar-refractivity contribution in [3.05, 3.63) is 0 Å². The Morgan fingerprint density at radius 2 is 1.82 bits per heavy atom. The van der Waals surface area contributed by atoms with Gasteiger partial charge in [-0.15, -0.1) is 0 Å². The van der Waals surface area contributed by atoms with E-state index >= 15 is 0 Å². The third kappa shape index (κ3) is 7.60. The van der Waals surface area contributed by atoms with E-state index in [9.17, 15) is 9.59 Å². The maximum absolute atomic E-state index is 11.6. The standard InChI is InChI=1S/C12H23NO4/c1-4-7-8-10(11(14)16-6-3)13-12(15)17-9-5-2/h10H,4-9H2,1-3H3,(H,13,15). The molecular formula is C12H23NO4. The first-order valence-corrected chi connectivity index (χ1v) is 6.25. The highest BCUT2D eigenvalue weighted by Gasteiger charge is 2.21. The summed E-state index contributed by atoms with van der Waals surface area (Å²) in [4.78, 5) is 22.9. The molecule has 0 saturated heterocycles. The van der Waals surface area contributed by atoms with Crippen molar-refractivity contribution in [2.24, 2.45) is 0 Å². The SMILES string of the molecule is CCCCC(NC(=O)OCCC)C(=O)OCC. The molecule has 1 N–H and O–H groups in total. The average molecular weight is 245 g/mol. The predicted octanol–water partition coefficient (Wildman–Crippen LogP) is 2.24. The number of nitrogens with one attached hydrogen (secondary N) is 1. The number of amides is 1. The zero-order valence-corrected chi connectivity index (χ0v) is 11.0. The molecule has 100 valence electrons. The zero-order valence-electron chi connectivity index (χ0n) is 11.0. The van der Waals surface area contributed by atoms with Crippen molar-refractivity contribution in [2.45, 2.75) is 52.5 Å². The number of carbonyl (C=O) groups is 2. The van der Waals surface area contributed by atoms with Gasteiger partial charge in [0.1, 0.15) is 6.04 Å². The van der Waals surface area contributed by atoms with Crippen LogP contribution in [0.3, 0.4) is 0 Å². The monoisotopic (exact) mass is 245 g/mol. The number of carbonyl (C=O) groups excluding carboxylic acids is 2. The summed E-state index contributed by atoms with van der Waals surface area (Å²) in [6.45, 7) is 6.34. The molecule has 1 unspecified atom stereocenters. The lowest BCUT2D eigenvalue weighted by atomic mass is 10.1. The number of unbranched alkanes of at least 4 members (excludes halogenated alkanes) is 1. The van der Waals surface area contributed by atoms with Gasteiger partial charge in [-0.3, -0.25) is 0 Å². The van der Waals surface area contributed by atoms with Crippen LogP contribution in [0.15, 0.2) is 0 Å². The second-order valence-electron chi connectivity index (χ2n) is 3.73. The van der Waals surface area contributed by atoms with Crippen molar-refractivity contribution < 1.29 is 19.1 Å². The van der Waals surface area contributed by atoms with Crippen LogP contribution < -0.4 is 5.32 Å². The summed E-state index contributed by atoms with van der Waals surface area (Å²) in [5.41, 5.74) is 0. The minimum atomic E-state index is -0.598. The van der Waals surface area contributed by atoms with E-state index in [4.69, 9.17) is 9.47 Å². The molecule has 0 rings (SSSR count). The van der Waals surface area contributed by atoms with Gasteiger partial charge in [0.15, 0.2) is 0 Å². The Morgan fingerprint density at radius 3 is 2.35 bits per heavy atom. The van der Waals surface area contributed by atoms with Gasteiger partial charge < -0.3 is 14.8 Å². The topological polar surface area (TPSA) is 64.6 Å². The van der Waals surface area contributed by atoms with E-state index in [1.54, 1.807) is 6.92 Å². The van der Waals surface area contributed by atoms with Gasteiger partial charge in [-0.25, -0.2) is 9.59 Å². The summed E-state index contributed by atoms with van der Waals surface area (Å²) >= 11 is 0. The number of alkyl carbamates (subject to hydrolysis) is 1. The lowest BCUT2D eigenvalue weighted by molar-refractivity contribution is -0.145. The fourth-order valence-corrected chi connectivity index (χ4v) is 1.28. The van der Waals surface area contributed by atoms with Crippen LogP contribution in [-0.4, -0.2) is 31.3 Å². The van der Waals surface area contributed by atoms with Gasteiger partial charge in [-0.2, -0.15) is 0 Å². The molecule has 1 amide bonds. The van der Waals surface area contributed by atoms with Crippen molar-refractivity contribution in [3.63, 3.8) is 0 Å². The minimum Gasteiger partial charge on any atom is -0.464 e. The Balaban J connectivity index is 4.16. The van der Waals surface area contributed by atoms with E-state index in [1.165, 1.54) is 0 Å². The van der Waals surface area contributed by atoms with Crippen LogP contribution in [-0.2, 0) is 14.3 Å². The Labute approximate surface area is 103 Å². The van der Waals surface area contributed by atoms with E-state index < -0.39 is 18.1 Å². The third-order valence-corrected chi connectivity index (χ3v) is 2.15. The van der Waals surface area contributed by atoms with Crippen LogP contribution in [0.4, 0.5) is 4.79 Å². The molecule has 0 saturated carbocycles. The van der Waals surface area contributed by atoms with Crippen molar-refractivity contribution >= 4 is 12.1 Å². The van der Waals surface area contributed by atoms with Gasteiger partial charge in [0.25, 0.3) is 0 Å². The largest absolute Gasteiger partial charge is 0.464 e.